The highest BCUT2D eigenvalue weighted by Crippen LogP contribution is 2.28. The molecule has 0 aliphatic heterocycles. The van der Waals surface area contributed by atoms with Crippen molar-refractivity contribution >= 4 is 5.82 Å². The van der Waals surface area contributed by atoms with Gasteiger partial charge in [-0.25, -0.2) is 9.97 Å². The summed E-state index contributed by atoms with van der Waals surface area (Å²) in [5.74, 6) is 1.37. The smallest absolute Gasteiger partial charge is 0.123 e. The van der Waals surface area contributed by atoms with Crippen LogP contribution >= 0.6 is 0 Å². The van der Waals surface area contributed by atoms with Crippen LogP contribution < -0.4 is 5.73 Å². The molecular formula is C15H20N4O. The zero-order valence-corrected chi connectivity index (χ0v) is 11.5. The predicted molar refractivity (Wildman–Crippen MR) is 78.0 cm³/mol. The summed E-state index contributed by atoms with van der Waals surface area (Å²) < 4.78 is 7.79. The second-order valence-electron chi connectivity index (χ2n) is 5.32. The summed E-state index contributed by atoms with van der Waals surface area (Å²) in [6.07, 6.45) is 9.18. The lowest BCUT2D eigenvalue weighted by Gasteiger charge is -2.08. The van der Waals surface area contributed by atoms with Crippen molar-refractivity contribution in [1.29, 1.82) is 0 Å². The fourth-order valence-electron chi connectivity index (χ4n) is 2.17. The quantitative estimate of drug-likeness (QED) is 0.786. The van der Waals surface area contributed by atoms with Crippen molar-refractivity contribution in [2.45, 2.75) is 25.8 Å². The van der Waals surface area contributed by atoms with Gasteiger partial charge in [-0.15, -0.1) is 0 Å². The molecule has 0 saturated heterocycles. The Morgan fingerprint density at radius 1 is 1.30 bits per heavy atom. The Morgan fingerprint density at radius 3 is 2.95 bits per heavy atom. The first-order valence-electron chi connectivity index (χ1n) is 7.13. The van der Waals surface area contributed by atoms with Gasteiger partial charge in [0.25, 0.3) is 0 Å². The van der Waals surface area contributed by atoms with E-state index in [0.717, 1.165) is 43.4 Å². The van der Waals surface area contributed by atoms with Gasteiger partial charge in [-0.1, -0.05) is 0 Å². The van der Waals surface area contributed by atoms with Crippen LogP contribution in [0.2, 0.25) is 0 Å². The summed E-state index contributed by atoms with van der Waals surface area (Å²) in [4.78, 5) is 8.35. The molecular weight excluding hydrogens is 252 g/mol. The minimum Gasteiger partial charge on any atom is -0.384 e. The zero-order chi connectivity index (χ0) is 13.8. The maximum absolute atomic E-state index is 5.65. The van der Waals surface area contributed by atoms with Gasteiger partial charge in [0.1, 0.15) is 5.82 Å². The molecule has 2 aromatic heterocycles. The van der Waals surface area contributed by atoms with Crippen LogP contribution in [0.4, 0.5) is 5.82 Å². The Labute approximate surface area is 118 Å². The van der Waals surface area contributed by atoms with Gasteiger partial charge in [-0.2, -0.15) is 0 Å². The normalized spacial score (nSPS) is 14.6. The van der Waals surface area contributed by atoms with Crippen molar-refractivity contribution in [3.05, 3.63) is 30.9 Å². The Bertz CT molecular complexity index is 545. The molecule has 0 atom stereocenters. The Hall–Kier alpha value is -1.88. The molecule has 106 valence electrons. The molecule has 3 rings (SSSR count). The summed E-state index contributed by atoms with van der Waals surface area (Å²) in [5.41, 5.74) is 7.72. The number of rotatable bonds is 7. The molecule has 1 aliphatic rings. The summed E-state index contributed by atoms with van der Waals surface area (Å²) in [5, 5.41) is 0. The van der Waals surface area contributed by atoms with E-state index in [-0.39, 0.29) is 0 Å². The van der Waals surface area contributed by atoms with E-state index >= 15 is 0 Å². The largest absolute Gasteiger partial charge is 0.384 e. The van der Waals surface area contributed by atoms with Gasteiger partial charge >= 0.3 is 0 Å². The molecule has 2 aromatic rings. The van der Waals surface area contributed by atoms with E-state index in [4.69, 9.17) is 10.5 Å². The van der Waals surface area contributed by atoms with Crippen molar-refractivity contribution in [1.82, 2.24) is 14.5 Å². The van der Waals surface area contributed by atoms with Crippen LogP contribution in [0, 0.1) is 5.92 Å². The number of pyridine rings is 1. The Morgan fingerprint density at radius 2 is 2.20 bits per heavy atom. The number of ether oxygens (including phenoxy) is 1. The molecule has 0 unspecified atom stereocenters. The van der Waals surface area contributed by atoms with Crippen molar-refractivity contribution in [3.8, 4) is 11.3 Å². The van der Waals surface area contributed by atoms with Crippen LogP contribution in [-0.2, 0) is 11.3 Å². The van der Waals surface area contributed by atoms with Crippen molar-refractivity contribution < 1.29 is 4.74 Å². The fraction of sp³-hybridized carbons (Fsp3) is 0.467. The van der Waals surface area contributed by atoms with Gasteiger partial charge in [-0.3, -0.25) is 0 Å². The van der Waals surface area contributed by atoms with Gasteiger partial charge < -0.3 is 15.0 Å². The Kier molecular flexibility index (Phi) is 3.97. The standard InChI is InChI=1S/C15H20N4O/c16-15-5-4-13(8-18-15)14-9-17-11-19(14)6-1-7-20-10-12-2-3-12/h4-5,8-9,11-12H,1-3,6-7,10H2,(H2,16,18). The third-order valence-electron chi connectivity index (χ3n) is 3.53. The third kappa shape index (κ3) is 3.36. The van der Waals surface area contributed by atoms with E-state index in [1.165, 1.54) is 12.8 Å². The number of aromatic nitrogens is 3. The number of hydrogen-bond donors (Lipinski definition) is 1. The molecule has 20 heavy (non-hydrogen) atoms. The van der Waals surface area contributed by atoms with E-state index < -0.39 is 0 Å². The molecule has 2 N–H and O–H groups in total. The third-order valence-corrected chi connectivity index (χ3v) is 3.53. The fourth-order valence-corrected chi connectivity index (χ4v) is 2.17. The van der Waals surface area contributed by atoms with E-state index in [1.807, 2.05) is 24.7 Å². The minimum atomic E-state index is 0.535. The van der Waals surface area contributed by atoms with Crippen molar-refractivity contribution in [2.24, 2.45) is 5.92 Å². The SMILES string of the molecule is Nc1ccc(-c2cncn2CCCOCC2CC2)cn1. The van der Waals surface area contributed by atoms with Crippen LogP contribution in [-0.4, -0.2) is 27.7 Å². The molecule has 2 heterocycles. The van der Waals surface area contributed by atoms with Crippen LogP contribution in [0.25, 0.3) is 11.3 Å². The lowest BCUT2D eigenvalue weighted by molar-refractivity contribution is 0.119. The number of nitrogen functional groups attached to an aromatic ring is 1. The first-order valence-corrected chi connectivity index (χ1v) is 7.13. The second kappa shape index (κ2) is 6.05. The maximum atomic E-state index is 5.65. The summed E-state index contributed by atoms with van der Waals surface area (Å²) in [6, 6.07) is 3.78. The number of anilines is 1. The van der Waals surface area contributed by atoms with E-state index in [9.17, 15) is 0 Å². The first kappa shape index (κ1) is 13.1. The predicted octanol–water partition coefficient (Wildman–Crippen LogP) is 2.34. The van der Waals surface area contributed by atoms with Crippen molar-refractivity contribution in [3.63, 3.8) is 0 Å². The first-order chi connectivity index (χ1) is 9.83. The summed E-state index contributed by atoms with van der Waals surface area (Å²) >= 11 is 0. The molecule has 5 heteroatoms. The number of nitrogens with zero attached hydrogens (tertiary/aromatic N) is 3. The van der Waals surface area contributed by atoms with Gasteiger partial charge in [-0.05, 0) is 37.3 Å². The summed E-state index contributed by atoms with van der Waals surface area (Å²) in [6.45, 7) is 2.65. The number of nitrogens with two attached hydrogens (primary N) is 1. The highest BCUT2D eigenvalue weighted by molar-refractivity contribution is 5.59. The van der Waals surface area contributed by atoms with Crippen LogP contribution in [0.5, 0.6) is 0 Å². The molecule has 1 saturated carbocycles. The van der Waals surface area contributed by atoms with Crippen LogP contribution in [0.15, 0.2) is 30.9 Å². The average molecular weight is 272 g/mol. The minimum absolute atomic E-state index is 0.535. The lowest BCUT2D eigenvalue weighted by atomic mass is 10.2. The highest BCUT2D eigenvalue weighted by atomic mass is 16.5. The maximum Gasteiger partial charge on any atom is 0.123 e. The van der Waals surface area contributed by atoms with Gasteiger partial charge in [0.05, 0.1) is 18.2 Å². The van der Waals surface area contributed by atoms with Crippen molar-refractivity contribution in [2.75, 3.05) is 18.9 Å². The molecule has 0 radical (unpaired) electrons. The number of imidazole rings is 1. The Balaban J connectivity index is 1.54. The molecule has 0 aromatic carbocycles. The molecule has 5 nitrogen and oxygen atoms in total. The van der Waals surface area contributed by atoms with Gasteiger partial charge in [0.2, 0.25) is 0 Å². The molecule has 0 amide bonds. The van der Waals surface area contributed by atoms with Crippen LogP contribution in [0.3, 0.4) is 0 Å². The second-order valence-corrected chi connectivity index (χ2v) is 5.32. The lowest BCUT2D eigenvalue weighted by Crippen LogP contribution is -2.05. The number of aryl methyl sites for hydroxylation is 1. The monoisotopic (exact) mass is 272 g/mol. The van der Waals surface area contributed by atoms with E-state index in [2.05, 4.69) is 14.5 Å². The topological polar surface area (TPSA) is 66.0 Å². The zero-order valence-electron chi connectivity index (χ0n) is 11.5. The molecule has 1 fully saturated rings. The average Bonchev–Trinajstić information content (AvgIpc) is 3.16. The molecule has 0 bridgehead atoms. The highest BCUT2D eigenvalue weighted by Gasteiger charge is 2.20. The van der Waals surface area contributed by atoms with Crippen LogP contribution in [0.1, 0.15) is 19.3 Å². The number of hydrogen-bond acceptors (Lipinski definition) is 4. The molecule has 0 spiro atoms. The van der Waals surface area contributed by atoms with Gasteiger partial charge in [0.15, 0.2) is 0 Å². The molecule has 1 aliphatic carbocycles. The van der Waals surface area contributed by atoms with E-state index in [0.29, 0.717) is 5.82 Å². The summed E-state index contributed by atoms with van der Waals surface area (Å²) in [7, 11) is 0. The van der Waals surface area contributed by atoms with Gasteiger partial charge in [0, 0.05) is 31.5 Å². The van der Waals surface area contributed by atoms with E-state index in [1.54, 1.807) is 6.20 Å².